The number of rotatable bonds is 7. The molecule has 0 saturated carbocycles. The highest BCUT2D eigenvalue weighted by atomic mass is 127. The number of guanidine groups is 1. The Labute approximate surface area is 184 Å². The zero-order chi connectivity index (χ0) is 18.9. The first-order valence-electron chi connectivity index (χ1n) is 9.52. The number of benzene rings is 1. The molecule has 0 aliphatic carbocycles. The van der Waals surface area contributed by atoms with Crippen molar-refractivity contribution >= 4 is 29.9 Å². The summed E-state index contributed by atoms with van der Waals surface area (Å²) in [4.78, 5) is 11.1. The molecule has 1 saturated heterocycles. The van der Waals surface area contributed by atoms with Crippen LogP contribution in [0, 0.1) is 0 Å². The van der Waals surface area contributed by atoms with Crippen molar-refractivity contribution in [3.8, 4) is 5.88 Å². The normalized spacial score (nSPS) is 15.6. The average molecular weight is 495 g/mol. The number of aromatic nitrogens is 1. The lowest BCUT2D eigenvalue weighted by atomic mass is 10.1. The van der Waals surface area contributed by atoms with Gasteiger partial charge in [-0.1, -0.05) is 30.3 Å². The highest BCUT2D eigenvalue weighted by Crippen LogP contribution is 2.24. The van der Waals surface area contributed by atoms with Crippen LogP contribution >= 0.6 is 24.0 Å². The van der Waals surface area contributed by atoms with Crippen LogP contribution in [0.15, 0.2) is 53.7 Å². The van der Waals surface area contributed by atoms with Crippen molar-refractivity contribution in [2.45, 2.75) is 25.4 Å². The zero-order valence-electron chi connectivity index (χ0n) is 16.6. The highest BCUT2D eigenvalue weighted by molar-refractivity contribution is 14.0. The van der Waals surface area contributed by atoms with Crippen LogP contribution in [0.5, 0.6) is 5.88 Å². The average Bonchev–Trinajstić information content (AvgIpc) is 3.26. The largest absolute Gasteiger partial charge is 0.481 e. The maximum atomic E-state index is 5.18. The van der Waals surface area contributed by atoms with E-state index >= 15 is 0 Å². The molecule has 1 aliphatic heterocycles. The number of halogens is 1. The number of hydrogen-bond acceptors (Lipinski definition) is 4. The molecule has 1 atom stereocenters. The van der Waals surface area contributed by atoms with Crippen molar-refractivity contribution in [3.63, 3.8) is 0 Å². The van der Waals surface area contributed by atoms with Gasteiger partial charge in [0.25, 0.3) is 0 Å². The first-order chi connectivity index (χ1) is 13.3. The second-order valence-corrected chi connectivity index (χ2v) is 6.68. The van der Waals surface area contributed by atoms with E-state index in [0.29, 0.717) is 18.5 Å². The van der Waals surface area contributed by atoms with E-state index in [1.165, 1.54) is 18.4 Å². The highest BCUT2D eigenvalue weighted by Gasteiger charge is 2.23. The van der Waals surface area contributed by atoms with Gasteiger partial charge in [-0.3, -0.25) is 9.89 Å². The molecule has 1 fully saturated rings. The molecule has 1 aromatic carbocycles. The van der Waals surface area contributed by atoms with E-state index in [1.807, 2.05) is 12.1 Å². The fraction of sp³-hybridized carbons (Fsp3) is 0.429. The van der Waals surface area contributed by atoms with Gasteiger partial charge in [0.15, 0.2) is 5.96 Å². The third kappa shape index (κ3) is 6.34. The molecule has 0 bridgehead atoms. The summed E-state index contributed by atoms with van der Waals surface area (Å²) < 4.78 is 5.18. The fourth-order valence-electron chi connectivity index (χ4n) is 3.46. The Balaban J connectivity index is 0.00000280. The second kappa shape index (κ2) is 11.9. The lowest BCUT2D eigenvalue weighted by Gasteiger charge is -2.29. The van der Waals surface area contributed by atoms with Gasteiger partial charge < -0.3 is 15.4 Å². The van der Waals surface area contributed by atoms with Crippen molar-refractivity contribution < 1.29 is 4.74 Å². The first kappa shape index (κ1) is 22.4. The first-order valence-corrected chi connectivity index (χ1v) is 9.52. The monoisotopic (exact) mass is 495 g/mol. The molecular weight excluding hydrogens is 465 g/mol. The van der Waals surface area contributed by atoms with Crippen molar-refractivity contribution in [2.24, 2.45) is 4.99 Å². The zero-order valence-corrected chi connectivity index (χ0v) is 18.9. The van der Waals surface area contributed by atoms with Gasteiger partial charge in [0.05, 0.1) is 13.2 Å². The molecule has 0 amide bonds. The van der Waals surface area contributed by atoms with Crippen LogP contribution in [-0.2, 0) is 6.54 Å². The second-order valence-electron chi connectivity index (χ2n) is 6.68. The summed E-state index contributed by atoms with van der Waals surface area (Å²) in [5.74, 6) is 1.42. The minimum absolute atomic E-state index is 0. The van der Waals surface area contributed by atoms with E-state index in [0.717, 1.165) is 31.2 Å². The van der Waals surface area contributed by atoms with E-state index in [1.54, 1.807) is 20.4 Å². The van der Waals surface area contributed by atoms with Crippen LogP contribution in [0.2, 0.25) is 0 Å². The van der Waals surface area contributed by atoms with E-state index in [4.69, 9.17) is 4.74 Å². The molecule has 0 spiro atoms. The lowest BCUT2D eigenvalue weighted by Crippen LogP contribution is -2.42. The molecular formula is C21H30IN5O. The summed E-state index contributed by atoms with van der Waals surface area (Å²) in [6.45, 7) is 3.80. The smallest absolute Gasteiger partial charge is 0.213 e. The summed E-state index contributed by atoms with van der Waals surface area (Å²) in [5, 5.41) is 6.87. The molecule has 2 N–H and O–H groups in total. The molecule has 0 radical (unpaired) electrons. The van der Waals surface area contributed by atoms with Gasteiger partial charge in [0.2, 0.25) is 5.88 Å². The summed E-state index contributed by atoms with van der Waals surface area (Å²) in [6, 6.07) is 15.0. The summed E-state index contributed by atoms with van der Waals surface area (Å²) >= 11 is 0. The van der Waals surface area contributed by atoms with Crippen LogP contribution < -0.4 is 15.4 Å². The van der Waals surface area contributed by atoms with Gasteiger partial charge in [-0.2, -0.15) is 0 Å². The van der Waals surface area contributed by atoms with Gasteiger partial charge in [0, 0.05) is 32.4 Å². The van der Waals surface area contributed by atoms with Crippen LogP contribution in [-0.4, -0.2) is 49.6 Å². The molecule has 1 aliphatic rings. The quantitative estimate of drug-likeness (QED) is 0.351. The van der Waals surface area contributed by atoms with E-state index < -0.39 is 0 Å². The van der Waals surface area contributed by atoms with Crippen molar-refractivity contribution in [3.05, 3.63) is 59.8 Å². The van der Waals surface area contributed by atoms with Gasteiger partial charge in [-0.05, 0) is 43.1 Å². The van der Waals surface area contributed by atoms with E-state index in [9.17, 15) is 0 Å². The van der Waals surface area contributed by atoms with Crippen LogP contribution in [0.1, 0.15) is 30.0 Å². The van der Waals surface area contributed by atoms with E-state index in [2.05, 4.69) is 55.8 Å². The predicted octanol–water partition coefficient (Wildman–Crippen LogP) is 3.21. The number of nitrogens with one attached hydrogen (secondary N) is 2. The van der Waals surface area contributed by atoms with Crippen LogP contribution in [0.3, 0.4) is 0 Å². The van der Waals surface area contributed by atoms with Crippen LogP contribution in [0.4, 0.5) is 0 Å². The number of likely N-dealkylation sites (tertiary alicyclic amines) is 1. The topological polar surface area (TPSA) is 61.8 Å². The fourth-order valence-corrected chi connectivity index (χ4v) is 3.46. The molecule has 6 nitrogen and oxygen atoms in total. The van der Waals surface area contributed by atoms with Crippen molar-refractivity contribution in [1.29, 1.82) is 0 Å². The maximum Gasteiger partial charge on any atom is 0.213 e. The molecule has 1 aromatic heterocycles. The number of ether oxygens (including phenoxy) is 1. The van der Waals surface area contributed by atoms with Gasteiger partial charge in [0.1, 0.15) is 0 Å². The Morgan fingerprint density at radius 3 is 2.61 bits per heavy atom. The third-order valence-electron chi connectivity index (χ3n) is 4.92. The third-order valence-corrected chi connectivity index (χ3v) is 4.92. The standard InChI is InChI=1S/C21H29N5O.HI/c1-22-21(24-15-17-10-11-23-20(14-17)27-2)25-16-19(26-12-6-7-13-26)18-8-4-3-5-9-18;/h3-5,8-11,14,19H,6-7,12-13,15-16H2,1-2H3,(H2,22,24,25);1H. The Bertz CT molecular complexity index is 735. The Kier molecular flexibility index (Phi) is 9.49. The van der Waals surface area contributed by atoms with Gasteiger partial charge >= 0.3 is 0 Å². The molecule has 2 aromatic rings. The minimum atomic E-state index is 0. The summed E-state index contributed by atoms with van der Waals surface area (Å²) in [7, 11) is 3.43. The lowest BCUT2D eigenvalue weighted by molar-refractivity contribution is 0.245. The molecule has 3 rings (SSSR count). The summed E-state index contributed by atoms with van der Waals surface area (Å²) in [5.41, 5.74) is 2.45. The number of nitrogens with zero attached hydrogens (tertiary/aromatic N) is 3. The van der Waals surface area contributed by atoms with E-state index in [-0.39, 0.29) is 24.0 Å². The van der Waals surface area contributed by atoms with Gasteiger partial charge in [-0.25, -0.2) is 4.98 Å². The molecule has 1 unspecified atom stereocenters. The van der Waals surface area contributed by atoms with Crippen molar-refractivity contribution in [1.82, 2.24) is 20.5 Å². The number of hydrogen-bond donors (Lipinski definition) is 2. The number of aliphatic imine (C=N–C) groups is 1. The molecule has 28 heavy (non-hydrogen) atoms. The number of pyridine rings is 1. The minimum Gasteiger partial charge on any atom is -0.481 e. The van der Waals surface area contributed by atoms with Gasteiger partial charge in [-0.15, -0.1) is 24.0 Å². The van der Waals surface area contributed by atoms with Crippen molar-refractivity contribution in [2.75, 3.05) is 33.8 Å². The van der Waals surface area contributed by atoms with Crippen LogP contribution in [0.25, 0.3) is 0 Å². The SMILES string of the molecule is CN=C(NCc1ccnc(OC)c1)NCC(c1ccccc1)N1CCCC1.I. The Morgan fingerprint density at radius 2 is 1.93 bits per heavy atom. The Hall–Kier alpha value is -1.87. The molecule has 7 heteroatoms. The number of methoxy groups -OCH3 is 1. The summed E-state index contributed by atoms with van der Waals surface area (Å²) in [6.07, 6.45) is 4.31. The molecule has 2 heterocycles. The predicted molar refractivity (Wildman–Crippen MR) is 124 cm³/mol. The molecule has 152 valence electrons. The Morgan fingerprint density at radius 1 is 1.18 bits per heavy atom. The maximum absolute atomic E-state index is 5.18.